The van der Waals surface area contributed by atoms with Crippen molar-refractivity contribution in [1.29, 1.82) is 0 Å². The first-order chi connectivity index (χ1) is 9.97. The van der Waals surface area contributed by atoms with Crippen molar-refractivity contribution < 1.29 is 19.4 Å². The molecule has 1 heterocycles. The van der Waals surface area contributed by atoms with Crippen LogP contribution in [0.3, 0.4) is 0 Å². The molecule has 1 saturated heterocycles. The van der Waals surface area contributed by atoms with Crippen molar-refractivity contribution >= 4 is 27.8 Å². The van der Waals surface area contributed by atoms with Crippen LogP contribution < -0.4 is 4.74 Å². The summed E-state index contributed by atoms with van der Waals surface area (Å²) in [6.45, 7) is 2.12. The normalized spacial score (nSPS) is 21.9. The Hall–Kier alpha value is -1.56. The van der Waals surface area contributed by atoms with E-state index in [1.54, 1.807) is 17.0 Å². The number of nitrogens with zero attached hydrogens (tertiary/aromatic N) is 1. The first-order valence-electron chi connectivity index (χ1n) is 6.88. The summed E-state index contributed by atoms with van der Waals surface area (Å²) in [6, 6.07) is 7.32. The minimum absolute atomic E-state index is 0.0548. The van der Waals surface area contributed by atoms with Gasteiger partial charge in [0.15, 0.2) is 6.61 Å². The van der Waals surface area contributed by atoms with E-state index >= 15 is 0 Å². The van der Waals surface area contributed by atoms with E-state index in [-0.39, 0.29) is 25.1 Å². The van der Waals surface area contributed by atoms with E-state index in [0.717, 1.165) is 4.47 Å². The van der Waals surface area contributed by atoms with Crippen LogP contribution in [0.25, 0.3) is 0 Å². The summed E-state index contributed by atoms with van der Waals surface area (Å²) in [5.41, 5.74) is 0. The number of aliphatic carboxylic acids is 1. The quantitative estimate of drug-likeness (QED) is 0.900. The van der Waals surface area contributed by atoms with Gasteiger partial charge < -0.3 is 14.7 Å². The molecule has 1 aliphatic rings. The predicted octanol–water partition coefficient (Wildman–Crippen LogP) is 2.54. The third-order valence-corrected chi connectivity index (χ3v) is 4.20. The molecule has 1 amide bonds. The zero-order valence-electron chi connectivity index (χ0n) is 11.8. The highest BCUT2D eigenvalue weighted by Crippen LogP contribution is 2.23. The molecular formula is C15H18BrNO4. The van der Waals surface area contributed by atoms with Crippen LogP contribution in [0.5, 0.6) is 5.75 Å². The van der Waals surface area contributed by atoms with Crippen molar-refractivity contribution in [1.82, 2.24) is 4.90 Å². The number of hydrogen-bond donors (Lipinski definition) is 1. The number of amides is 1. The molecule has 0 aromatic heterocycles. The van der Waals surface area contributed by atoms with Crippen molar-refractivity contribution in [3.05, 3.63) is 28.7 Å². The van der Waals surface area contributed by atoms with Gasteiger partial charge in [-0.3, -0.25) is 9.59 Å². The first-order valence-corrected chi connectivity index (χ1v) is 7.67. The number of halogens is 1. The molecule has 2 unspecified atom stereocenters. The molecule has 1 aromatic rings. The molecule has 114 valence electrons. The first kappa shape index (κ1) is 15.8. The lowest BCUT2D eigenvalue weighted by Crippen LogP contribution is -2.49. The molecule has 0 aliphatic carbocycles. The fraction of sp³-hybridized carbons (Fsp3) is 0.467. The maximum Gasteiger partial charge on any atom is 0.308 e. The number of likely N-dealkylation sites (tertiary alicyclic amines) is 1. The zero-order chi connectivity index (χ0) is 15.4. The van der Waals surface area contributed by atoms with Gasteiger partial charge >= 0.3 is 5.97 Å². The minimum Gasteiger partial charge on any atom is -0.484 e. The Balaban J connectivity index is 1.93. The molecule has 6 heteroatoms. The fourth-order valence-electron chi connectivity index (χ4n) is 2.44. The maximum absolute atomic E-state index is 12.2. The number of carbonyl (C=O) groups is 2. The van der Waals surface area contributed by atoms with Gasteiger partial charge in [-0.15, -0.1) is 0 Å². The Morgan fingerprint density at radius 2 is 2.19 bits per heavy atom. The van der Waals surface area contributed by atoms with Crippen LogP contribution >= 0.6 is 15.9 Å². The summed E-state index contributed by atoms with van der Waals surface area (Å²) in [4.78, 5) is 24.9. The lowest BCUT2D eigenvalue weighted by molar-refractivity contribution is -0.147. The van der Waals surface area contributed by atoms with Crippen LogP contribution in [0.15, 0.2) is 28.7 Å². The van der Waals surface area contributed by atoms with Crippen LogP contribution in [0.1, 0.15) is 19.8 Å². The molecule has 1 N–H and O–H groups in total. The second-order valence-corrected chi connectivity index (χ2v) is 6.17. The van der Waals surface area contributed by atoms with E-state index in [4.69, 9.17) is 9.84 Å². The summed E-state index contributed by atoms with van der Waals surface area (Å²) in [5, 5.41) is 9.09. The molecular weight excluding hydrogens is 338 g/mol. The van der Waals surface area contributed by atoms with Crippen molar-refractivity contribution in [2.24, 2.45) is 5.92 Å². The lowest BCUT2D eigenvalue weighted by Gasteiger charge is -2.36. The highest BCUT2D eigenvalue weighted by Gasteiger charge is 2.32. The third kappa shape index (κ3) is 4.20. The highest BCUT2D eigenvalue weighted by molar-refractivity contribution is 9.10. The van der Waals surface area contributed by atoms with Crippen LogP contribution in [-0.4, -0.2) is 41.1 Å². The number of carboxylic acids is 1. The van der Waals surface area contributed by atoms with E-state index in [1.165, 1.54) is 0 Å². The van der Waals surface area contributed by atoms with Crippen LogP contribution in [0.4, 0.5) is 0 Å². The molecule has 0 radical (unpaired) electrons. The van der Waals surface area contributed by atoms with Gasteiger partial charge in [-0.05, 0) is 38.0 Å². The standard InChI is InChI=1S/C15H18BrNO4/c1-10-5-6-11(15(19)20)8-17(10)14(18)9-21-13-4-2-3-12(16)7-13/h2-4,7,10-11H,5-6,8-9H2,1H3,(H,19,20). The maximum atomic E-state index is 12.2. The Bertz CT molecular complexity index is 534. The fourth-order valence-corrected chi connectivity index (χ4v) is 2.82. The van der Waals surface area contributed by atoms with Gasteiger partial charge in [0.25, 0.3) is 5.91 Å². The Kier molecular flexibility index (Phi) is 5.22. The molecule has 1 aromatic carbocycles. The Labute approximate surface area is 132 Å². The number of rotatable bonds is 4. The van der Waals surface area contributed by atoms with E-state index in [9.17, 15) is 9.59 Å². The van der Waals surface area contributed by atoms with E-state index in [1.807, 2.05) is 19.1 Å². The topological polar surface area (TPSA) is 66.8 Å². The number of hydrogen-bond acceptors (Lipinski definition) is 3. The molecule has 0 saturated carbocycles. The van der Waals surface area contributed by atoms with Crippen molar-refractivity contribution in [3.63, 3.8) is 0 Å². The van der Waals surface area contributed by atoms with E-state index in [0.29, 0.717) is 18.6 Å². The molecule has 5 nitrogen and oxygen atoms in total. The second-order valence-electron chi connectivity index (χ2n) is 5.25. The molecule has 0 bridgehead atoms. The van der Waals surface area contributed by atoms with Crippen LogP contribution in [-0.2, 0) is 9.59 Å². The third-order valence-electron chi connectivity index (χ3n) is 3.71. The highest BCUT2D eigenvalue weighted by atomic mass is 79.9. The molecule has 1 aliphatic heterocycles. The van der Waals surface area contributed by atoms with E-state index in [2.05, 4.69) is 15.9 Å². The predicted molar refractivity (Wildman–Crippen MR) is 81.2 cm³/mol. The average Bonchev–Trinajstić information content (AvgIpc) is 2.45. The molecule has 21 heavy (non-hydrogen) atoms. The van der Waals surface area contributed by atoms with Crippen LogP contribution in [0, 0.1) is 5.92 Å². The number of piperidine rings is 1. The molecule has 1 fully saturated rings. The Morgan fingerprint density at radius 1 is 1.43 bits per heavy atom. The number of carbonyl (C=O) groups excluding carboxylic acids is 1. The van der Waals surface area contributed by atoms with Crippen LogP contribution in [0.2, 0.25) is 0 Å². The zero-order valence-corrected chi connectivity index (χ0v) is 13.4. The molecule has 2 atom stereocenters. The van der Waals surface area contributed by atoms with Gasteiger partial charge in [-0.25, -0.2) is 0 Å². The number of carboxylic acid groups (broad SMARTS) is 1. The largest absolute Gasteiger partial charge is 0.484 e. The molecule has 2 rings (SSSR count). The summed E-state index contributed by atoms with van der Waals surface area (Å²) in [5.74, 6) is -0.880. The summed E-state index contributed by atoms with van der Waals surface area (Å²) in [7, 11) is 0. The van der Waals surface area contributed by atoms with Crippen molar-refractivity contribution in [2.75, 3.05) is 13.2 Å². The minimum atomic E-state index is -0.840. The van der Waals surface area contributed by atoms with Gasteiger partial charge in [-0.2, -0.15) is 0 Å². The summed E-state index contributed by atoms with van der Waals surface area (Å²) >= 11 is 3.34. The smallest absolute Gasteiger partial charge is 0.308 e. The van der Waals surface area contributed by atoms with Gasteiger partial charge in [0.2, 0.25) is 0 Å². The molecule has 0 spiro atoms. The lowest BCUT2D eigenvalue weighted by atomic mass is 9.93. The Morgan fingerprint density at radius 3 is 2.86 bits per heavy atom. The van der Waals surface area contributed by atoms with Crippen molar-refractivity contribution in [3.8, 4) is 5.75 Å². The van der Waals surface area contributed by atoms with Gasteiger partial charge in [-0.1, -0.05) is 22.0 Å². The van der Waals surface area contributed by atoms with E-state index < -0.39 is 11.9 Å². The summed E-state index contributed by atoms with van der Waals surface area (Å²) < 4.78 is 6.36. The summed E-state index contributed by atoms with van der Waals surface area (Å²) in [6.07, 6.45) is 1.33. The van der Waals surface area contributed by atoms with Gasteiger partial charge in [0.05, 0.1) is 5.92 Å². The van der Waals surface area contributed by atoms with Gasteiger partial charge in [0.1, 0.15) is 5.75 Å². The average molecular weight is 356 g/mol. The number of ether oxygens (including phenoxy) is 1. The van der Waals surface area contributed by atoms with Crippen molar-refractivity contribution in [2.45, 2.75) is 25.8 Å². The SMILES string of the molecule is CC1CCC(C(=O)O)CN1C(=O)COc1cccc(Br)c1. The second kappa shape index (κ2) is 6.93. The number of benzene rings is 1. The van der Waals surface area contributed by atoms with Gasteiger partial charge in [0, 0.05) is 17.1 Å². The monoisotopic (exact) mass is 355 g/mol.